The van der Waals surface area contributed by atoms with Crippen LogP contribution in [0.1, 0.15) is 10.9 Å². The zero-order valence-electron chi connectivity index (χ0n) is 14.6. The summed E-state index contributed by atoms with van der Waals surface area (Å²) in [6, 6.07) is 3.34. The van der Waals surface area contributed by atoms with E-state index in [1.807, 2.05) is 12.1 Å². The van der Waals surface area contributed by atoms with Crippen molar-refractivity contribution in [3.8, 4) is 11.5 Å². The maximum Gasteiger partial charge on any atom is 0.321 e. The Kier molecular flexibility index (Phi) is 7.05. The lowest BCUT2D eigenvalue weighted by Crippen LogP contribution is -2.38. The minimum atomic E-state index is -0.825. The first-order chi connectivity index (χ1) is 12.6. The number of carboxylic acid groups (broad SMARTS) is 1. The maximum absolute atomic E-state index is 11.1. The molecule has 2 aliphatic rings. The number of thioether (sulfide) groups is 1. The smallest absolute Gasteiger partial charge is 0.321 e. The monoisotopic (exact) mass is 446 g/mol. The first-order valence-electron chi connectivity index (χ1n) is 8.49. The van der Waals surface area contributed by atoms with Gasteiger partial charge in [0.25, 0.3) is 0 Å². The van der Waals surface area contributed by atoms with Gasteiger partial charge in [-0.25, -0.2) is 0 Å². The topological polar surface area (TPSA) is 80.3 Å². The highest BCUT2D eigenvalue weighted by Gasteiger charge is 2.31. The van der Waals surface area contributed by atoms with Crippen molar-refractivity contribution in [2.75, 3.05) is 52.3 Å². The van der Waals surface area contributed by atoms with Crippen LogP contribution in [-0.2, 0) is 9.53 Å². The van der Waals surface area contributed by atoms with Crippen molar-refractivity contribution in [1.29, 1.82) is 0 Å². The summed E-state index contributed by atoms with van der Waals surface area (Å²) < 4.78 is 17.6. The van der Waals surface area contributed by atoms with E-state index in [0.717, 1.165) is 42.9 Å². The fourth-order valence-electron chi connectivity index (χ4n) is 2.94. The molecule has 2 heterocycles. The number of hydrogen-bond donors (Lipinski definition) is 2. The van der Waals surface area contributed by atoms with Crippen LogP contribution >= 0.6 is 27.7 Å². The Morgan fingerprint density at radius 2 is 2.23 bits per heavy atom. The second-order valence-corrected chi connectivity index (χ2v) is 8.10. The minimum absolute atomic E-state index is 0.0799. The van der Waals surface area contributed by atoms with Crippen molar-refractivity contribution in [3.63, 3.8) is 0 Å². The van der Waals surface area contributed by atoms with Crippen LogP contribution in [0.25, 0.3) is 0 Å². The van der Waals surface area contributed by atoms with E-state index in [1.54, 1.807) is 18.9 Å². The normalized spacial score (nSPS) is 23.8. The van der Waals surface area contributed by atoms with E-state index in [4.69, 9.17) is 19.3 Å². The number of morpholine rings is 1. The van der Waals surface area contributed by atoms with Crippen LogP contribution in [0.15, 0.2) is 16.6 Å². The molecule has 3 rings (SSSR count). The number of methoxy groups -OCH3 is 1. The molecule has 2 fully saturated rings. The fourth-order valence-corrected chi connectivity index (χ4v) is 4.73. The van der Waals surface area contributed by atoms with Gasteiger partial charge < -0.3 is 19.3 Å². The molecule has 0 bridgehead atoms. The summed E-state index contributed by atoms with van der Waals surface area (Å²) in [5.41, 5.74) is 0.961. The predicted molar refractivity (Wildman–Crippen MR) is 103 cm³/mol. The fraction of sp³-hybridized carbons (Fsp3) is 0.588. The predicted octanol–water partition coefficient (Wildman–Crippen LogP) is 1.96. The lowest BCUT2D eigenvalue weighted by molar-refractivity contribution is -0.138. The SMILES string of the molecule is COc1cc(C2NC(C(=O)O)CS2)cc(Br)c1OCCN1CCOCC1. The van der Waals surface area contributed by atoms with Gasteiger partial charge in [0.15, 0.2) is 11.5 Å². The Morgan fingerprint density at radius 3 is 2.88 bits per heavy atom. The number of rotatable bonds is 7. The zero-order valence-corrected chi connectivity index (χ0v) is 17.0. The van der Waals surface area contributed by atoms with Gasteiger partial charge in [-0.3, -0.25) is 15.0 Å². The van der Waals surface area contributed by atoms with E-state index >= 15 is 0 Å². The van der Waals surface area contributed by atoms with Crippen molar-refractivity contribution in [2.45, 2.75) is 11.4 Å². The standard InChI is InChI=1S/C17H23BrN2O5S/c1-23-14-9-11(16-19-13(10-26-16)17(21)22)8-12(18)15(14)25-7-4-20-2-5-24-6-3-20/h8-9,13,16,19H,2-7,10H2,1H3,(H,21,22). The molecular weight excluding hydrogens is 424 g/mol. The third-order valence-electron chi connectivity index (χ3n) is 4.39. The first kappa shape index (κ1) is 19.8. The van der Waals surface area contributed by atoms with E-state index in [0.29, 0.717) is 23.9 Å². The van der Waals surface area contributed by atoms with Gasteiger partial charge in [0.2, 0.25) is 0 Å². The molecule has 2 atom stereocenters. The van der Waals surface area contributed by atoms with Gasteiger partial charge in [-0.15, -0.1) is 11.8 Å². The molecule has 0 aromatic heterocycles. The van der Waals surface area contributed by atoms with Gasteiger partial charge >= 0.3 is 5.97 Å². The molecule has 0 saturated carbocycles. The molecule has 0 aliphatic carbocycles. The summed E-state index contributed by atoms with van der Waals surface area (Å²) in [4.78, 5) is 13.4. The third-order valence-corrected chi connectivity index (χ3v) is 6.25. The number of halogens is 1. The Morgan fingerprint density at radius 1 is 1.46 bits per heavy atom. The molecule has 0 radical (unpaired) electrons. The van der Waals surface area contributed by atoms with E-state index in [9.17, 15) is 4.79 Å². The second kappa shape index (κ2) is 9.27. The van der Waals surface area contributed by atoms with Gasteiger partial charge in [0.05, 0.1) is 30.2 Å². The number of benzene rings is 1. The molecule has 7 nitrogen and oxygen atoms in total. The summed E-state index contributed by atoms with van der Waals surface area (Å²) in [5.74, 6) is 1.02. The Bertz CT molecular complexity index is 642. The Labute approximate surface area is 165 Å². The maximum atomic E-state index is 11.1. The first-order valence-corrected chi connectivity index (χ1v) is 10.3. The Balaban J connectivity index is 1.64. The van der Waals surface area contributed by atoms with E-state index in [2.05, 4.69) is 26.1 Å². The molecule has 2 saturated heterocycles. The Hall–Kier alpha value is -1.00. The van der Waals surface area contributed by atoms with Crippen LogP contribution in [0.4, 0.5) is 0 Å². The molecule has 1 aromatic carbocycles. The molecule has 0 spiro atoms. The van der Waals surface area contributed by atoms with Crippen LogP contribution in [0, 0.1) is 0 Å². The molecule has 2 unspecified atom stereocenters. The van der Waals surface area contributed by atoms with E-state index < -0.39 is 12.0 Å². The summed E-state index contributed by atoms with van der Waals surface area (Å²) >= 11 is 5.14. The minimum Gasteiger partial charge on any atom is -0.493 e. The molecule has 0 amide bonds. The number of carboxylic acids is 1. The van der Waals surface area contributed by atoms with E-state index in [1.165, 1.54) is 0 Å². The number of nitrogens with zero attached hydrogens (tertiary/aromatic N) is 1. The van der Waals surface area contributed by atoms with Crippen LogP contribution < -0.4 is 14.8 Å². The molecular formula is C17H23BrN2O5S. The molecule has 2 N–H and O–H groups in total. The van der Waals surface area contributed by atoms with Gasteiger partial charge in [-0.1, -0.05) is 0 Å². The van der Waals surface area contributed by atoms with Crippen LogP contribution in [0.2, 0.25) is 0 Å². The van der Waals surface area contributed by atoms with Crippen molar-refractivity contribution < 1.29 is 24.1 Å². The average Bonchev–Trinajstić information content (AvgIpc) is 3.14. The quantitative estimate of drug-likeness (QED) is 0.657. The third kappa shape index (κ3) is 4.83. The van der Waals surface area contributed by atoms with Crippen LogP contribution in [0.3, 0.4) is 0 Å². The number of nitrogens with one attached hydrogen (secondary N) is 1. The van der Waals surface area contributed by atoms with Crippen LogP contribution in [-0.4, -0.2) is 74.3 Å². The van der Waals surface area contributed by atoms with Crippen molar-refractivity contribution >= 4 is 33.7 Å². The summed E-state index contributed by atoms with van der Waals surface area (Å²) in [5, 5.41) is 12.2. The summed E-state index contributed by atoms with van der Waals surface area (Å²) in [7, 11) is 1.61. The number of carbonyl (C=O) groups is 1. The number of ether oxygens (including phenoxy) is 3. The van der Waals surface area contributed by atoms with Crippen molar-refractivity contribution in [1.82, 2.24) is 10.2 Å². The summed E-state index contributed by atoms with van der Waals surface area (Å²) in [6.07, 6.45) is 0. The van der Waals surface area contributed by atoms with Gasteiger partial charge in [0.1, 0.15) is 12.6 Å². The molecule has 2 aliphatic heterocycles. The largest absolute Gasteiger partial charge is 0.493 e. The number of hydrogen-bond acceptors (Lipinski definition) is 7. The van der Waals surface area contributed by atoms with E-state index in [-0.39, 0.29) is 5.37 Å². The average molecular weight is 447 g/mol. The highest BCUT2D eigenvalue weighted by Crippen LogP contribution is 2.42. The lowest BCUT2D eigenvalue weighted by Gasteiger charge is -2.26. The highest BCUT2D eigenvalue weighted by atomic mass is 79.9. The van der Waals surface area contributed by atoms with Gasteiger partial charge in [0, 0.05) is 25.4 Å². The van der Waals surface area contributed by atoms with Gasteiger partial charge in [-0.05, 0) is 33.6 Å². The molecule has 144 valence electrons. The van der Waals surface area contributed by atoms with Crippen molar-refractivity contribution in [3.05, 3.63) is 22.2 Å². The summed E-state index contributed by atoms with van der Waals surface area (Å²) in [6.45, 7) is 4.79. The van der Waals surface area contributed by atoms with Crippen LogP contribution in [0.5, 0.6) is 11.5 Å². The molecule has 26 heavy (non-hydrogen) atoms. The number of aliphatic carboxylic acids is 1. The zero-order chi connectivity index (χ0) is 18.5. The lowest BCUT2D eigenvalue weighted by atomic mass is 10.2. The second-order valence-electron chi connectivity index (χ2n) is 6.11. The molecule has 1 aromatic rings. The van der Waals surface area contributed by atoms with Crippen molar-refractivity contribution in [2.24, 2.45) is 0 Å². The van der Waals surface area contributed by atoms with Gasteiger partial charge in [-0.2, -0.15) is 0 Å². The highest BCUT2D eigenvalue weighted by molar-refractivity contribution is 9.10. The molecule has 9 heteroatoms.